The lowest BCUT2D eigenvalue weighted by Crippen LogP contribution is -2.11. The number of aromatic nitrogens is 1. The Morgan fingerprint density at radius 1 is 1.10 bits per heavy atom. The summed E-state index contributed by atoms with van der Waals surface area (Å²) >= 11 is 5.94. The molecule has 0 spiro atoms. The first-order valence-corrected chi connectivity index (χ1v) is 7.74. The summed E-state index contributed by atoms with van der Waals surface area (Å²) in [5.41, 5.74) is 5.10. The lowest BCUT2D eigenvalue weighted by Gasteiger charge is -2.12. The molecule has 2 aromatic rings. The van der Waals surface area contributed by atoms with E-state index in [0.29, 0.717) is 11.5 Å². The smallest absolute Gasteiger partial charge is 0.182 e. The van der Waals surface area contributed by atoms with Gasteiger partial charge in [-0.2, -0.15) is 0 Å². The molecular formula is C18H22ClNO. The zero-order valence-electron chi connectivity index (χ0n) is 13.3. The highest BCUT2D eigenvalue weighted by atomic mass is 35.5. The second-order valence-electron chi connectivity index (χ2n) is 5.85. The molecule has 1 aromatic carbocycles. The number of rotatable bonds is 4. The number of Topliss-reactive ketones (excluding diaryl/α,β-unsaturated/α-hetero) is 1. The average molecular weight is 304 g/mol. The molecule has 0 amide bonds. The van der Waals surface area contributed by atoms with Crippen LogP contribution in [0, 0.1) is 13.8 Å². The highest BCUT2D eigenvalue weighted by Gasteiger charge is 2.19. The summed E-state index contributed by atoms with van der Waals surface area (Å²) in [6.07, 6.45) is 0. The number of nitrogens with zero attached hydrogens (tertiary/aromatic N) is 1. The second-order valence-corrected chi connectivity index (χ2v) is 6.50. The number of aryl methyl sites for hydroxylation is 1. The van der Waals surface area contributed by atoms with Gasteiger partial charge in [-0.05, 0) is 50.5 Å². The van der Waals surface area contributed by atoms with Crippen molar-refractivity contribution in [2.45, 2.75) is 45.9 Å². The molecule has 0 aliphatic rings. The lowest BCUT2D eigenvalue weighted by atomic mass is 10.0. The van der Waals surface area contributed by atoms with E-state index in [0.717, 1.165) is 17.1 Å². The largest absolute Gasteiger partial charge is 0.318 e. The second kappa shape index (κ2) is 6.07. The monoisotopic (exact) mass is 303 g/mol. The van der Waals surface area contributed by atoms with E-state index < -0.39 is 5.38 Å². The van der Waals surface area contributed by atoms with Crippen molar-refractivity contribution in [3.63, 3.8) is 0 Å². The van der Waals surface area contributed by atoms with Gasteiger partial charge in [-0.1, -0.05) is 26.0 Å². The summed E-state index contributed by atoms with van der Waals surface area (Å²) in [6.45, 7) is 10.1. The summed E-state index contributed by atoms with van der Waals surface area (Å²) in [5, 5.41) is -0.498. The van der Waals surface area contributed by atoms with Gasteiger partial charge in [0.05, 0.1) is 5.38 Å². The van der Waals surface area contributed by atoms with Crippen LogP contribution in [0.25, 0.3) is 5.69 Å². The minimum absolute atomic E-state index is 0.0187. The van der Waals surface area contributed by atoms with E-state index in [2.05, 4.69) is 42.7 Å². The molecule has 0 bridgehead atoms. The van der Waals surface area contributed by atoms with E-state index >= 15 is 0 Å². The summed E-state index contributed by atoms with van der Waals surface area (Å²) < 4.78 is 2.11. The number of alkyl halides is 1. The van der Waals surface area contributed by atoms with Crippen molar-refractivity contribution in [1.82, 2.24) is 4.57 Å². The van der Waals surface area contributed by atoms with E-state index in [1.807, 2.05) is 19.9 Å². The van der Waals surface area contributed by atoms with Gasteiger partial charge in [0.15, 0.2) is 5.78 Å². The molecule has 2 rings (SSSR count). The maximum Gasteiger partial charge on any atom is 0.182 e. The third-order valence-electron chi connectivity index (χ3n) is 3.88. The van der Waals surface area contributed by atoms with E-state index in [-0.39, 0.29) is 5.78 Å². The molecule has 2 nitrogen and oxygen atoms in total. The Hall–Kier alpha value is -1.54. The highest BCUT2D eigenvalue weighted by molar-refractivity contribution is 6.33. The zero-order chi connectivity index (χ0) is 15.7. The van der Waals surface area contributed by atoms with Crippen LogP contribution in [0.4, 0.5) is 0 Å². The van der Waals surface area contributed by atoms with Crippen molar-refractivity contribution < 1.29 is 4.79 Å². The average Bonchev–Trinajstić information content (AvgIpc) is 2.73. The predicted molar refractivity (Wildman–Crippen MR) is 89.0 cm³/mol. The van der Waals surface area contributed by atoms with Gasteiger partial charge in [0, 0.05) is 22.6 Å². The van der Waals surface area contributed by atoms with Crippen LogP contribution in [0.15, 0.2) is 30.3 Å². The van der Waals surface area contributed by atoms with E-state index in [4.69, 9.17) is 11.6 Å². The van der Waals surface area contributed by atoms with Crippen LogP contribution in [0.5, 0.6) is 0 Å². The minimum atomic E-state index is -0.498. The maximum atomic E-state index is 12.2. The molecule has 0 aliphatic heterocycles. The fourth-order valence-corrected chi connectivity index (χ4v) is 2.75. The number of benzene rings is 1. The van der Waals surface area contributed by atoms with E-state index in [1.54, 1.807) is 6.92 Å². The van der Waals surface area contributed by atoms with Crippen LogP contribution in [0.1, 0.15) is 54.0 Å². The zero-order valence-corrected chi connectivity index (χ0v) is 14.0. The third-order valence-corrected chi connectivity index (χ3v) is 4.07. The van der Waals surface area contributed by atoms with Gasteiger partial charge >= 0.3 is 0 Å². The van der Waals surface area contributed by atoms with Crippen LogP contribution < -0.4 is 0 Å². The van der Waals surface area contributed by atoms with Gasteiger partial charge in [-0.3, -0.25) is 4.79 Å². The Morgan fingerprint density at radius 3 is 2.14 bits per heavy atom. The highest BCUT2D eigenvalue weighted by Crippen LogP contribution is 2.24. The Balaban J connectivity index is 2.47. The fourth-order valence-electron chi connectivity index (χ4n) is 2.63. The van der Waals surface area contributed by atoms with Gasteiger partial charge in [-0.15, -0.1) is 11.6 Å². The number of hydrogen-bond acceptors (Lipinski definition) is 1. The summed E-state index contributed by atoms with van der Waals surface area (Å²) in [6, 6.07) is 10.4. The number of halogens is 1. The van der Waals surface area contributed by atoms with Gasteiger partial charge in [0.2, 0.25) is 0 Å². The quantitative estimate of drug-likeness (QED) is 0.573. The Labute approximate surface area is 131 Å². The molecule has 3 heteroatoms. The minimum Gasteiger partial charge on any atom is -0.318 e. The number of carbonyl (C=O) groups excluding carboxylic acids is 1. The van der Waals surface area contributed by atoms with E-state index in [9.17, 15) is 4.79 Å². The third kappa shape index (κ3) is 3.06. The molecule has 1 heterocycles. The maximum absolute atomic E-state index is 12.2. The molecule has 0 fully saturated rings. The summed E-state index contributed by atoms with van der Waals surface area (Å²) in [4.78, 5) is 12.2. The number of carbonyl (C=O) groups is 1. The van der Waals surface area contributed by atoms with Crippen molar-refractivity contribution in [3.8, 4) is 5.69 Å². The van der Waals surface area contributed by atoms with Gasteiger partial charge < -0.3 is 4.57 Å². The number of hydrogen-bond donors (Lipinski definition) is 0. The molecule has 21 heavy (non-hydrogen) atoms. The molecular weight excluding hydrogens is 282 g/mol. The SMILES string of the molecule is Cc1cc(C(=O)C(C)Cl)c(C)n1-c1ccc(C(C)C)cc1. The lowest BCUT2D eigenvalue weighted by molar-refractivity contribution is 0.0991. The van der Waals surface area contributed by atoms with Crippen molar-refractivity contribution in [2.75, 3.05) is 0 Å². The van der Waals surface area contributed by atoms with Crippen LogP contribution in [0.3, 0.4) is 0 Å². The number of ketones is 1. The van der Waals surface area contributed by atoms with Crippen LogP contribution >= 0.6 is 11.6 Å². The Morgan fingerprint density at radius 2 is 1.67 bits per heavy atom. The van der Waals surface area contributed by atoms with Gasteiger partial charge in [0.25, 0.3) is 0 Å². The van der Waals surface area contributed by atoms with E-state index in [1.165, 1.54) is 5.56 Å². The molecule has 0 radical (unpaired) electrons. The first-order valence-electron chi connectivity index (χ1n) is 7.30. The van der Waals surface area contributed by atoms with Crippen molar-refractivity contribution in [2.24, 2.45) is 0 Å². The fraction of sp³-hybridized carbons (Fsp3) is 0.389. The molecule has 0 saturated carbocycles. The predicted octanol–water partition coefficient (Wildman–Crippen LogP) is 5.03. The standard InChI is InChI=1S/C18H22ClNO/c1-11(2)15-6-8-16(9-7-15)20-12(3)10-17(14(20)5)18(21)13(4)19/h6-11,13H,1-5H3. The van der Waals surface area contributed by atoms with Crippen LogP contribution in [0.2, 0.25) is 0 Å². The van der Waals surface area contributed by atoms with Gasteiger partial charge in [-0.25, -0.2) is 0 Å². The molecule has 112 valence electrons. The van der Waals surface area contributed by atoms with Crippen LogP contribution in [-0.4, -0.2) is 15.7 Å². The van der Waals surface area contributed by atoms with Gasteiger partial charge in [0.1, 0.15) is 0 Å². The molecule has 1 unspecified atom stereocenters. The molecule has 0 N–H and O–H groups in total. The normalized spacial score (nSPS) is 12.7. The molecule has 1 aromatic heterocycles. The summed E-state index contributed by atoms with van der Waals surface area (Å²) in [7, 11) is 0. The topological polar surface area (TPSA) is 22.0 Å². The summed E-state index contributed by atoms with van der Waals surface area (Å²) in [5.74, 6) is 0.495. The Kier molecular flexibility index (Phi) is 4.58. The first-order chi connectivity index (χ1) is 9.82. The molecule has 0 saturated heterocycles. The van der Waals surface area contributed by atoms with Crippen molar-refractivity contribution >= 4 is 17.4 Å². The van der Waals surface area contributed by atoms with Crippen LogP contribution in [-0.2, 0) is 0 Å². The molecule has 1 atom stereocenters. The van der Waals surface area contributed by atoms with Crippen molar-refractivity contribution in [3.05, 3.63) is 52.8 Å². The molecule has 0 aliphatic carbocycles. The Bertz CT molecular complexity index is 651. The van der Waals surface area contributed by atoms with Crippen molar-refractivity contribution in [1.29, 1.82) is 0 Å². The first kappa shape index (κ1) is 15.8.